The van der Waals surface area contributed by atoms with E-state index in [1.807, 2.05) is 12.5 Å². The number of likely N-dealkylation sites (N-methyl/N-ethyl adjacent to an activating group) is 1. The Bertz CT molecular complexity index is 167. The lowest BCUT2D eigenvalue weighted by molar-refractivity contribution is 0.384. The van der Waals surface area contributed by atoms with Crippen molar-refractivity contribution in [1.29, 1.82) is 0 Å². The van der Waals surface area contributed by atoms with Gasteiger partial charge in [0.1, 0.15) is 0 Å². The van der Waals surface area contributed by atoms with Gasteiger partial charge in [0, 0.05) is 25.5 Å². The maximum atomic E-state index is 3.94. The van der Waals surface area contributed by atoms with Crippen LogP contribution in [0.4, 0.5) is 0 Å². The summed E-state index contributed by atoms with van der Waals surface area (Å²) in [6, 6.07) is 0. The molecule has 10 heavy (non-hydrogen) atoms. The molecule has 56 valence electrons. The smallest absolute Gasteiger partial charge is 0.0946 e. The molecule has 0 aromatic carbocycles. The van der Waals surface area contributed by atoms with Gasteiger partial charge < -0.3 is 9.47 Å². The first-order valence-corrected chi connectivity index (χ1v) is 3.39. The van der Waals surface area contributed by atoms with Crippen LogP contribution in [-0.4, -0.2) is 35.1 Å². The van der Waals surface area contributed by atoms with Crippen molar-refractivity contribution in [2.24, 2.45) is 0 Å². The first-order valence-electron chi connectivity index (χ1n) is 3.39. The zero-order valence-electron chi connectivity index (χ0n) is 6.49. The van der Waals surface area contributed by atoms with Crippen molar-refractivity contribution in [3.8, 4) is 0 Å². The monoisotopic (exact) mass is 139 g/mol. The van der Waals surface area contributed by atoms with Gasteiger partial charge in [-0.15, -0.1) is 0 Å². The first kappa shape index (κ1) is 7.28. The maximum Gasteiger partial charge on any atom is 0.0946 e. The van der Waals surface area contributed by atoms with Crippen LogP contribution in [0.1, 0.15) is 0 Å². The number of nitrogens with zero attached hydrogens (tertiary/aromatic N) is 3. The van der Waals surface area contributed by atoms with Gasteiger partial charge in [-0.25, -0.2) is 4.98 Å². The van der Waals surface area contributed by atoms with Crippen LogP contribution in [0.5, 0.6) is 0 Å². The fourth-order valence-corrected chi connectivity index (χ4v) is 0.734. The normalized spacial score (nSPS) is 10.7. The van der Waals surface area contributed by atoms with E-state index in [0.717, 1.165) is 13.1 Å². The van der Waals surface area contributed by atoms with Crippen LogP contribution >= 0.6 is 0 Å². The largest absolute Gasteiger partial charge is 0.336 e. The van der Waals surface area contributed by atoms with Crippen molar-refractivity contribution >= 4 is 0 Å². The Morgan fingerprint density at radius 2 is 2.30 bits per heavy atom. The van der Waals surface area contributed by atoms with Crippen LogP contribution in [0.25, 0.3) is 0 Å². The van der Waals surface area contributed by atoms with E-state index >= 15 is 0 Å². The predicted molar refractivity (Wildman–Crippen MR) is 40.8 cm³/mol. The number of hydrogen-bond donors (Lipinski definition) is 0. The fraction of sp³-hybridized carbons (Fsp3) is 0.571. The summed E-state index contributed by atoms with van der Waals surface area (Å²) in [6.45, 7) is 2.09. The molecule has 3 heteroatoms. The molecular formula is C7H13N3. The Morgan fingerprint density at radius 3 is 2.80 bits per heavy atom. The van der Waals surface area contributed by atoms with E-state index in [2.05, 4.69) is 28.5 Å². The Labute approximate surface area is 61.3 Å². The van der Waals surface area contributed by atoms with E-state index < -0.39 is 0 Å². The molecule has 0 spiro atoms. The van der Waals surface area contributed by atoms with Crippen LogP contribution < -0.4 is 0 Å². The molecule has 0 saturated heterocycles. The van der Waals surface area contributed by atoms with Crippen LogP contribution in [-0.2, 0) is 6.54 Å². The molecule has 0 fully saturated rings. The second-order valence-electron chi connectivity index (χ2n) is 2.60. The number of aromatic nitrogens is 2. The van der Waals surface area contributed by atoms with Crippen LogP contribution in [0.15, 0.2) is 18.7 Å². The summed E-state index contributed by atoms with van der Waals surface area (Å²) in [7, 11) is 4.13. The molecule has 0 radical (unpaired) electrons. The summed E-state index contributed by atoms with van der Waals surface area (Å²) in [5, 5.41) is 0. The number of hydrogen-bond acceptors (Lipinski definition) is 2. The number of rotatable bonds is 3. The molecule has 0 bridgehead atoms. The standard InChI is InChI=1S/C7H13N3/c1-9(2)5-6-10-4-3-8-7-10/h3-4,7H,5-6H2,1-2H3. The fourth-order valence-electron chi connectivity index (χ4n) is 0.734. The summed E-state index contributed by atoms with van der Waals surface area (Å²) in [6.07, 6.45) is 5.61. The Morgan fingerprint density at radius 1 is 1.50 bits per heavy atom. The predicted octanol–water partition coefficient (Wildman–Crippen LogP) is 0.445. The highest BCUT2D eigenvalue weighted by molar-refractivity contribution is 4.73. The molecule has 1 aromatic rings. The van der Waals surface area contributed by atoms with E-state index in [4.69, 9.17) is 0 Å². The average molecular weight is 139 g/mol. The topological polar surface area (TPSA) is 21.1 Å². The Hall–Kier alpha value is -0.830. The van der Waals surface area contributed by atoms with Crippen LogP contribution in [0.2, 0.25) is 0 Å². The van der Waals surface area contributed by atoms with Crippen LogP contribution in [0, 0.1) is 0 Å². The lowest BCUT2D eigenvalue weighted by Gasteiger charge is -2.08. The lowest BCUT2D eigenvalue weighted by atomic mass is 10.6. The molecule has 0 unspecified atom stereocenters. The van der Waals surface area contributed by atoms with Gasteiger partial charge in [-0.1, -0.05) is 0 Å². The van der Waals surface area contributed by atoms with Gasteiger partial charge in [-0.3, -0.25) is 0 Å². The molecule has 0 atom stereocenters. The molecule has 0 amide bonds. The van der Waals surface area contributed by atoms with E-state index in [0.29, 0.717) is 0 Å². The minimum absolute atomic E-state index is 1.02. The van der Waals surface area contributed by atoms with Gasteiger partial charge in [0.05, 0.1) is 6.33 Å². The van der Waals surface area contributed by atoms with Crippen molar-refractivity contribution in [2.75, 3.05) is 20.6 Å². The average Bonchev–Trinajstić information content (AvgIpc) is 2.34. The SMILES string of the molecule is CN(C)CCn1ccnc1. The van der Waals surface area contributed by atoms with Crippen molar-refractivity contribution in [1.82, 2.24) is 14.5 Å². The number of imidazole rings is 1. The minimum Gasteiger partial charge on any atom is -0.336 e. The molecule has 0 aliphatic heterocycles. The Balaban J connectivity index is 2.28. The summed E-state index contributed by atoms with van der Waals surface area (Å²) >= 11 is 0. The van der Waals surface area contributed by atoms with Gasteiger partial charge in [-0.05, 0) is 14.1 Å². The second kappa shape index (κ2) is 3.37. The van der Waals surface area contributed by atoms with E-state index in [1.165, 1.54) is 0 Å². The highest BCUT2D eigenvalue weighted by Gasteiger charge is 1.90. The minimum atomic E-state index is 1.02. The third-order valence-electron chi connectivity index (χ3n) is 1.36. The molecule has 1 aromatic heterocycles. The third-order valence-corrected chi connectivity index (χ3v) is 1.36. The molecule has 0 aliphatic carbocycles. The lowest BCUT2D eigenvalue weighted by Crippen LogP contribution is -2.17. The zero-order chi connectivity index (χ0) is 7.40. The van der Waals surface area contributed by atoms with Crippen molar-refractivity contribution in [3.63, 3.8) is 0 Å². The summed E-state index contributed by atoms with van der Waals surface area (Å²) in [5.41, 5.74) is 0. The summed E-state index contributed by atoms with van der Waals surface area (Å²) in [4.78, 5) is 6.10. The van der Waals surface area contributed by atoms with Crippen LogP contribution in [0.3, 0.4) is 0 Å². The molecule has 3 nitrogen and oxygen atoms in total. The van der Waals surface area contributed by atoms with Gasteiger partial charge >= 0.3 is 0 Å². The molecule has 1 heterocycles. The Kier molecular flexibility index (Phi) is 2.45. The van der Waals surface area contributed by atoms with E-state index in [1.54, 1.807) is 6.20 Å². The summed E-state index contributed by atoms with van der Waals surface area (Å²) in [5.74, 6) is 0. The molecule has 0 saturated carbocycles. The second-order valence-corrected chi connectivity index (χ2v) is 2.60. The van der Waals surface area contributed by atoms with Gasteiger partial charge in [-0.2, -0.15) is 0 Å². The highest BCUT2D eigenvalue weighted by Crippen LogP contribution is 1.85. The third kappa shape index (κ3) is 2.19. The van der Waals surface area contributed by atoms with Crippen molar-refractivity contribution in [3.05, 3.63) is 18.7 Å². The quantitative estimate of drug-likeness (QED) is 0.606. The molecule has 0 aliphatic rings. The highest BCUT2D eigenvalue weighted by atomic mass is 15.1. The van der Waals surface area contributed by atoms with Gasteiger partial charge in [0.15, 0.2) is 0 Å². The zero-order valence-corrected chi connectivity index (χ0v) is 6.49. The maximum absolute atomic E-state index is 3.94. The summed E-state index contributed by atoms with van der Waals surface area (Å²) < 4.78 is 2.07. The van der Waals surface area contributed by atoms with E-state index in [9.17, 15) is 0 Å². The molecular weight excluding hydrogens is 126 g/mol. The first-order chi connectivity index (χ1) is 4.79. The molecule has 0 N–H and O–H groups in total. The van der Waals surface area contributed by atoms with Gasteiger partial charge in [0.2, 0.25) is 0 Å². The molecule has 1 rings (SSSR count). The van der Waals surface area contributed by atoms with Gasteiger partial charge in [0.25, 0.3) is 0 Å². The van der Waals surface area contributed by atoms with Crippen molar-refractivity contribution in [2.45, 2.75) is 6.54 Å². The van der Waals surface area contributed by atoms with E-state index in [-0.39, 0.29) is 0 Å². The van der Waals surface area contributed by atoms with Crippen molar-refractivity contribution < 1.29 is 0 Å².